The molecule has 0 radical (unpaired) electrons. The number of para-hydroxylation sites is 1. The van der Waals surface area contributed by atoms with E-state index in [1.165, 1.54) is 23.4 Å². The van der Waals surface area contributed by atoms with Gasteiger partial charge < -0.3 is 10.6 Å². The molecule has 2 amide bonds. The van der Waals surface area contributed by atoms with Crippen LogP contribution in [0.1, 0.15) is 29.1 Å². The summed E-state index contributed by atoms with van der Waals surface area (Å²) in [6.45, 7) is 3.45. The second kappa shape index (κ2) is 9.27. The van der Waals surface area contributed by atoms with Gasteiger partial charge in [-0.05, 0) is 50.2 Å². The zero-order valence-electron chi connectivity index (χ0n) is 18.0. The molecule has 4 aromatic rings. The van der Waals surface area contributed by atoms with Gasteiger partial charge in [0.15, 0.2) is 5.69 Å². The van der Waals surface area contributed by atoms with E-state index in [2.05, 4.69) is 25.8 Å². The summed E-state index contributed by atoms with van der Waals surface area (Å²) in [5.41, 5.74) is 1.67. The van der Waals surface area contributed by atoms with Crippen LogP contribution in [0, 0.1) is 6.92 Å². The van der Waals surface area contributed by atoms with E-state index in [1.54, 1.807) is 42.8 Å². The fraction of sp³-hybridized carbons (Fsp3) is 0.130. The van der Waals surface area contributed by atoms with E-state index < -0.39 is 17.4 Å². The molecule has 2 aromatic carbocycles. The second-order valence-electron chi connectivity index (χ2n) is 7.32. The zero-order chi connectivity index (χ0) is 23.4. The van der Waals surface area contributed by atoms with Crippen LogP contribution in [0.3, 0.4) is 0 Å². The number of aryl methyl sites for hydroxylation is 1. The van der Waals surface area contributed by atoms with Gasteiger partial charge >= 0.3 is 0 Å². The summed E-state index contributed by atoms with van der Waals surface area (Å²) < 4.78 is 2.99. The van der Waals surface area contributed by atoms with Gasteiger partial charge in [0.2, 0.25) is 11.3 Å². The summed E-state index contributed by atoms with van der Waals surface area (Å²) in [6, 6.07) is 16.6. The molecular formula is C23H21N7O3. The Hall–Kier alpha value is -4.60. The first kappa shape index (κ1) is 21.6. The minimum absolute atomic E-state index is 0.219. The molecule has 10 heteroatoms. The molecule has 1 atom stereocenters. The molecule has 0 unspecified atom stereocenters. The number of aromatic nitrogens is 5. The Morgan fingerprint density at radius 2 is 1.64 bits per heavy atom. The number of carbonyl (C=O) groups is 2. The first-order valence-corrected chi connectivity index (χ1v) is 10.1. The molecular weight excluding hydrogens is 422 g/mol. The molecule has 0 saturated carbocycles. The highest BCUT2D eigenvalue weighted by Gasteiger charge is 2.17. The number of carbonyl (C=O) groups excluding carboxylic acids is 2. The van der Waals surface area contributed by atoms with Gasteiger partial charge in [-0.2, -0.15) is 10.2 Å². The number of anilines is 2. The van der Waals surface area contributed by atoms with Crippen molar-refractivity contribution in [1.82, 2.24) is 24.5 Å². The number of nitrogens with zero attached hydrogens (tertiary/aromatic N) is 5. The van der Waals surface area contributed by atoms with Gasteiger partial charge in [-0.15, -0.1) is 0 Å². The summed E-state index contributed by atoms with van der Waals surface area (Å²) >= 11 is 0. The molecule has 0 saturated heterocycles. The average Bonchev–Trinajstić information content (AvgIpc) is 3.35. The van der Waals surface area contributed by atoms with E-state index in [9.17, 15) is 14.4 Å². The van der Waals surface area contributed by atoms with Gasteiger partial charge in [-0.25, -0.2) is 14.3 Å². The lowest BCUT2D eigenvalue weighted by atomic mass is 10.2. The lowest BCUT2D eigenvalue weighted by Crippen LogP contribution is -2.27. The normalized spacial score (nSPS) is 11.6. The molecule has 0 aliphatic carbocycles. The molecule has 0 bridgehead atoms. The molecule has 166 valence electrons. The highest BCUT2D eigenvalue weighted by atomic mass is 16.2. The van der Waals surface area contributed by atoms with Crippen molar-refractivity contribution in [1.29, 1.82) is 0 Å². The van der Waals surface area contributed by atoms with Crippen LogP contribution in [-0.2, 0) is 4.79 Å². The van der Waals surface area contributed by atoms with Crippen molar-refractivity contribution in [2.75, 3.05) is 10.6 Å². The molecule has 0 fully saturated rings. The number of rotatable bonds is 6. The van der Waals surface area contributed by atoms with Crippen molar-refractivity contribution in [3.63, 3.8) is 0 Å². The molecule has 2 aromatic heterocycles. The van der Waals surface area contributed by atoms with Crippen LogP contribution in [0.15, 0.2) is 78.1 Å². The SMILES string of the molecule is Cc1cc(=O)c(C(=O)Nc2ccc(NC(=O)[C@H](C)n3cncn3)cc2)nn1-c1ccccc1. The summed E-state index contributed by atoms with van der Waals surface area (Å²) in [5, 5.41) is 13.7. The Kier molecular flexibility index (Phi) is 6.07. The molecule has 2 heterocycles. The third-order valence-corrected chi connectivity index (χ3v) is 4.95. The minimum Gasteiger partial charge on any atom is -0.324 e. The van der Waals surface area contributed by atoms with E-state index in [0.717, 1.165) is 5.69 Å². The molecule has 10 nitrogen and oxygen atoms in total. The maximum absolute atomic E-state index is 12.7. The van der Waals surface area contributed by atoms with Crippen LogP contribution in [0.25, 0.3) is 5.69 Å². The molecule has 4 rings (SSSR count). The van der Waals surface area contributed by atoms with Crippen LogP contribution in [0.4, 0.5) is 11.4 Å². The Bertz CT molecular complexity index is 1330. The highest BCUT2D eigenvalue weighted by Crippen LogP contribution is 2.16. The van der Waals surface area contributed by atoms with Crippen molar-refractivity contribution in [2.24, 2.45) is 0 Å². The van der Waals surface area contributed by atoms with E-state index >= 15 is 0 Å². The second-order valence-corrected chi connectivity index (χ2v) is 7.32. The first-order valence-electron chi connectivity index (χ1n) is 10.1. The summed E-state index contributed by atoms with van der Waals surface area (Å²) in [6.07, 6.45) is 2.83. The number of benzene rings is 2. The monoisotopic (exact) mass is 443 g/mol. The Morgan fingerprint density at radius 3 is 2.27 bits per heavy atom. The topological polar surface area (TPSA) is 124 Å². The lowest BCUT2D eigenvalue weighted by molar-refractivity contribution is -0.119. The predicted octanol–water partition coefficient (Wildman–Crippen LogP) is 2.58. The predicted molar refractivity (Wildman–Crippen MR) is 122 cm³/mol. The average molecular weight is 443 g/mol. The molecule has 0 spiro atoms. The van der Waals surface area contributed by atoms with E-state index in [1.807, 2.05) is 30.3 Å². The van der Waals surface area contributed by atoms with Crippen LogP contribution in [0.5, 0.6) is 0 Å². The van der Waals surface area contributed by atoms with Gasteiger partial charge in [-0.1, -0.05) is 18.2 Å². The number of amides is 2. The van der Waals surface area contributed by atoms with Crippen molar-refractivity contribution in [3.05, 3.63) is 94.9 Å². The lowest BCUT2D eigenvalue weighted by Gasteiger charge is -2.13. The van der Waals surface area contributed by atoms with Crippen LogP contribution in [0.2, 0.25) is 0 Å². The fourth-order valence-electron chi connectivity index (χ4n) is 3.15. The Morgan fingerprint density at radius 1 is 0.970 bits per heavy atom. The third-order valence-electron chi connectivity index (χ3n) is 4.95. The molecule has 2 N–H and O–H groups in total. The standard InChI is InChI=1S/C23H21N7O3/c1-15-12-20(31)21(28-30(15)19-6-4-3-5-7-19)23(33)27-18-10-8-17(9-11-18)26-22(32)16(2)29-14-24-13-25-29/h3-14,16H,1-2H3,(H,26,32)(H,27,33)/t16-/m0/s1. The van der Waals surface area contributed by atoms with Crippen LogP contribution < -0.4 is 16.1 Å². The number of nitrogens with one attached hydrogen (secondary N) is 2. The van der Waals surface area contributed by atoms with E-state index in [4.69, 9.17) is 0 Å². The molecule has 0 aliphatic heterocycles. The van der Waals surface area contributed by atoms with Gasteiger partial charge in [-0.3, -0.25) is 14.4 Å². The Labute approximate surface area is 188 Å². The first-order chi connectivity index (χ1) is 15.9. The third kappa shape index (κ3) is 4.85. The van der Waals surface area contributed by atoms with Gasteiger partial charge in [0.1, 0.15) is 18.7 Å². The maximum Gasteiger partial charge on any atom is 0.280 e. The number of hydrogen-bond donors (Lipinski definition) is 2. The summed E-state index contributed by atoms with van der Waals surface area (Å²) in [7, 11) is 0. The minimum atomic E-state index is -0.624. The fourth-order valence-corrected chi connectivity index (χ4v) is 3.15. The highest BCUT2D eigenvalue weighted by molar-refractivity contribution is 6.03. The van der Waals surface area contributed by atoms with Crippen molar-refractivity contribution < 1.29 is 9.59 Å². The molecule has 0 aliphatic rings. The quantitative estimate of drug-likeness (QED) is 0.472. The largest absolute Gasteiger partial charge is 0.324 e. The maximum atomic E-state index is 12.7. The van der Waals surface area contributed by atoms with Gasteiger partial charge in [0, 0.05) is 23.1 Å². The van der Waals surface area contributed by atoms with E-state index in [-0.39, 0.29) is 11.6 Å². The summed E-state index contributed by atoms with van der Waals surface area (Å²) in [4.78, 5) is 41.3. The number of hydrogen-bond acceptors (Lipinski definition) is 6. The van der Waals surface area contributed by atoms with Crippen molar-refractivity contribution in [2.45, 2.75) is 19.9 Å². The van der Waals surface area contributed by atoms with Gasteiger partial charge in [0.05, 0.1) is 5.69 Å². The van der Waals surface area contributed by atoms with Crippen molar-refractivity contribution >= 4 is 23.2 Å². The van der Waals surface area contributed by atoms with Crippen molar-refractivity contribution in [3.8, 4) is 5.69 Å². The smallest absolute Gasteiger partial charge is 0.280 e. The van der Waals surface area contributed by atoms with Gasteiger partial charge in [0.25, 0.3) is 5.91 Å². The zero-order valence-corrected chi connectivity index (χ0v) is 18.0. The Balaban J connectivity index is 1.47. The summed E-state index contributed by atoms with van der Waals surface area (Å²) in [5.74, 6) is -0.885. The van der Waals surface area contributed by atoms with E-state index in [0.29, 0.717) is 17.1 Å². The van der Waals surface area contributed by atoms with Crippen LogP contribution in [-0.4, -0.2) is 36.4 Å². The van der Waals surface area contributed by atoms with Crippen LogP contribution >= 0.6 is 0 Å². The molecule has 33 heavy (non-hydrogen) atoms.